The summed E-state index contributed by atoms with van der Waals surface area (Å²) in [6.45, 7) is 6.17. The van der Waals surface area contributed by atoms with Gasteiger partial charge in [-0.25, -0.2) is 4.79 Å². The van der Waals surface area contributed by atoms with Crippen molar-refractivity contribution >= 4 is 11.9 Å². The number of nitrogens with zero attached hydrogens (tertiary/aromatic N) is 2. The third-order valence-electron chi connectivity index (χ3n) is 4.62. The molecule has 2 heterocycles. The Hall–Kier alpha value is -1.85. The molecule has 1 saturated heterocycles. The van der Waals surface area contributed by atoms with Gasteiger partial charge in [0.25, 0.3) is 0 Å². The van der Waals surface area contributed by atoms with Crippen LogP contribution in [0.1, 0.15) is 56.0 Å². The van der Waals surface area contributed by atoms with Gasteiger partial charge in [0, 0.05) is 18.5 Å². The molecule has 2 rings (SSSR count). The SMILES string of the molecule is CCC[C@]1(C(=O)O)CCCN1C(=O)CCc1c(C)noc1C. The van der Waals surface area contributed by atoms with Crippen molar-refractivity contribution < 1.29 is 19.2 Å². The lowest BCUT2D eigenvalue weighted by atomic mass is 9.90. The van der Waals surface area contributed by atoms with Crippen LogP contribution in [-0.2, 0) is 16.0 Å². The van der Waals surface area contributed by atoms with Crippen molar-refractivity contribution in [2.75, 3.05) is 6.54 Å². The summed E-state index contributed by atoms with van der Waals surface area (Å²) >= 11 is 0. The molecule has 22 heavy (non-hydrogen) atoms. The maximum Gasteiger partial charge on any atom is 0.329 e. The highest BCUT2D eigenvalue weighted by atomic mass is 16.5. The standard InChI is InChI=1S/C16H24N2O4/c1-4-8-16(15(20)21)9-5-10-18(16)14(19)7-6-13-11(2)17-22-12(13)3/h4-10H2,1-3H3,(H,20,21)/t16-/m1/s1. The predicted molar refractivity (Wildman–Crippen MR) is 80.5 cm³/mol. The Bertz CT molecular complexity index is 547. The molecule has 1 atom stereocenters. The Labute approximate surface area is 130 Å². The summed E-state index contributed by atoms with van der Waals surface area (Å²) in [5.41, 5.74) is 0.735. The fourth-order valence-electron chi connectivity index (χ4n) is 3.47. The van der Waals surface area contributed by atoms with Crippen molar-refractivity contribution in [1.29, 1.82) is 0 Å². The summed E-state index contributed by atoms with van der Waals surface area (Å²) in [5.74, 6) is -0.240. The molecule has 1 aromatic rings. The zero-order valence-corrected chi connectivity index (χ0v) is 13.5. The molecule has 1 aliphatic heterocycles. The lowest BCUT2D eigenvalue weighted by Crippen LogP contribution is -2.53. The van der Waals surface area contributed by atoms with Crippen molar-refractivity contribution in [3.8, 4) is 0 Å². The van der Waals surface area contributed by atoms with Gasteiger partial charge in [0.1, 0.15) is 11.3 Å². The van der Waals surface area contributed by atoms with Gasteiger partial charge in [0.2, 0.25) is 5.91 Å². The number of likely N-dealkylation sites (tertiary alicyclic amines) is 1. The van der Waals surface area contributed by atoms with Crippen LogP contribution in [0.5, 0.6) is 0 Å². The lowest BCUT2D eigenvalue weighted by Gasteiger charge is -2.34. The molecule has 122 valence electrons. The molecular formula is C16H24N2O4. The van der Waals surface area contributed by atoms with Gasteiger partial charge < -0.3 is 14.5 Å². The minimum absolute atomic E-state index is 0.0895. The summed E-state index contributed by atoms with van der Waals surface area (Å²) < 4.78 is 5.10. The van der Waals surface area contributed by atoms with Crippen LogP contribution in [0.25, 0.3) is 0 Å². The number of rotatable bonds is 6. The Balaban J connectivity index is 2.09. The number of carbonyl (C=O) groups is 2. The summed E-state index contributed by atoms with van der Waals surface area (Å²) in [4.78, 5) is 25.9. The molecule has 1 fully saturated rings. The molecule has 0 spiro atoms. The first-order valence-electron chi connectivity index (χ1n) is 7.88. The first kappa shape index (κ1) is 16.5. The molecule has 6 nitrogen and oxygen atoms in total. The van der Waals surface area contributed by atoms with Crippen LogP contribution in [0, 0.1) is 13.8 Å². The number of amides is 1. The zero-order valence-electron chi connectivity index (χ0n) is 13.5. The van der Waals surface area contributed by atoms with Crippen molar-refractivity contribution in [2.45, 2.75) is 64.8 Å². The molecule has 0 saturated carbocycles. The molecule has 6 heteroatoms. The van der Waals surface area contributed by atoms with Crippen LogP contribution in [0.15, 0.2) is 4.52 Å². The Morgan fingerprint density at radius 2 is 2.14 bits per heavy atom. The van der Waals surface area contributed by atoms with E-state index >= 15 is 0 Å². The highest BCUT2D eigenvalue weighted by molar-refractivity contribution is 5.87. The summed E-state index contributed by atoms with van der Waals surface area (Å²) in [5, 5.41) is 13.5. The van der Waals surface area contributed by atoms with E-state index in [-0.39, 0.29) is 5.91 Å². The topological polar surface area (TPSA) is 83.6 Å². The average Bonchev–Trinajstić information content (AvgIpc) is 3.03. The molecule has 0 aliphatic carbocycles. The average molecular weight is 308 g/mol. The highest BCUT2D eigenvalue weighted by Crippen LogP contribution is 2.34. The monoisotopic (exact) mass is 308 g/mol. The molecule has 1 N–H and O–H groups in total. The molecule has 0 aromatic carbocycles. The summed E-state index contributed by atoms with van der Waals surface area (Å²) in [6.07, 6.45) is 3.40. The van der Waals surface area contributed by atoms with E-state index < -0.39 is 11.5 Å². The number of aryl methyl sites for hydroxylation is 2. The molecule has 1 aliphatic rings. The molecular weight excluding hydrogens is 284 g/mol. The molecule has 0 bridgehead atoms. The molecule has 0 radical (unpaired) electrons. The number of aliphatic carboxylic acids is 1. The van der Waals surface area contributed by atoms with Crippen molar-refractivity contribution in [3.63, 3.8) is 0 Å². The fourth-order valence-corrected chi connectivity index (χ4v) is 3.47. The number of carboxylic acid groups (broad SMARTS) is 1. The van der Waals surface area contributed by atoms with Crippen LogP contribution >= 0.6 is 0 Å². The van der Waals surface area contributed by atoms with Crippen molar-refractivity contribution in [1.82, 2.24) is 10.1 Å². The first-order chi connectivity index (χ1) is 10.4. The fraction of sp³-hybridized carbons (Fsp3) is 0.688. The normalized spacial score (nSPS) is 21.3. The van der Waals surface area contributed by atoms with Crippen LogP contribution in [0.4, 0.5) is 0 Å². The number of carboxylic acids is 1. The highest BCUT2D eigenvalue weighted by Gasteiger charge is 2.48. The first-order valence-corrected chi connectivity index (χ1v) is 7.88. The van der Waals surface area contributed by atoms with Crippen LogP contribution < -0.4 is 0 Å². The van der Waals surface area contributed by atoms with Gasteiger partial charge in [-0.05, 0) is 39.5 Å². The van der Waals surface area contributed by atoms with Gasteiger partial charge in [0.15, 0.2) is 0 Å². The predicted octanol–water partition coefficient (Wildman–Crippen LogP) is 2.47. The van der Waals surface area contributed by atoms with Crippen LogP contribution in [0.2, 0.25) is 0 Å². The Morgan fingerprint density at radius 1 is 1.41 bits per heavy atom. The van der Waals surface area contributed by atoms with Gasteiger partial charge >= 0.3 is 5.97 Å². The third-order valence-corrected chi connectivity index (χ3v) is 4.62. The number of hydrogen-bond donors (Lipinski definition) is 1. The minimum atomic E-state index is -1.01. The van der Waals surface area contributed by atoms with E-state index in [1.807, 2.05) is 20.8 Å². The Kier molecular flexibility index (Phi) is 4.88. The van der Waals surface area contributed by atoms with E-state index in [4.69, 9.17) is 4.52 Å². The summed E-state index contributed by atoms with van der Waals surface area (Å²) in [7, 11) is 0. The second-order valence-electron chi connectivity index (χ2n) is 6.04. The van der Waals surface area contributed by atoms with E-state index in [0.717, 1.165) is 29.9 Å². The number of hydrogen-bond acceptors (Lipinski definition) is 4. The van der Waals surface area contributed by atoms with Crippen LogP contribution in [-0.4, -0.2) is 39.1 Å². The molecule has 1 amide bonds. The molecule has 1 aromatic heterocycles. The maximum atomic E-state index is 12.6. The van der Waals surface area contributed by atoms with E-state index in [1.165, 1.54) is 0 Å². The van der Waals surface area contributed by atoms with E-state index in [9.17, 15) is 14.7 Å². The van der Waals surface area contributed by atoms with E-state index in [0.29, 0.717) is 32.2 Å². The summed E-state index contributed by atoms with van der Waals surface area (Å²) in [6, 6.07) is 0. The second-order valence-corrected chi connectivity index (χ2v) is 6.04. The third kappa shape index (κ3) is 2.87. The number of carbonyl (C=O) groups excluding carboxylic acids is 1. The van der Waals surface area contributed by atoms with Crippen molar-refractivity contribution in [2.24, 2.45) is 0 Å². The van der Waals surface area contributed by atoms with E-state index in [1.54, 1.807) is 4.90 Å². The molecule has 0 unspecified atom stereocenters. The lowest BCUT2D eigenvalue weighted by molar-refractivity contribution is -0.157. The second kappa shape index (κ2) is 6.50. The maximum absolute atomic E-state index is 12.6. The Morgan fingerprint density at radius 3 is 2.68 bits per heavy atom. The van der Waals surface area contributed by atoms with Gasteiger partial charge in [-0.15, -0.1) is 0 Å². The van der Waals surface area contributed by atoms with Gasteiger partial charge in [-0.2, -0.15) is 0 Å². The van der Waals surface area contributed by atoms with Crippen molar-refractivity contribution in [3.05, 3.63) is 17.0 Å². The number of aromatic nitrogens is 1. The van der Waals surface area contributed by atoms with E-state index in [2.05, 4.69) is 5.16 Å². The van der Waals surface area contributed by atoms with Gasteiger partial charge in [-0.3, -0.25) is 4.79 Å². The van der Waals surface area contributed by atoms with Gasteiger partial charge in [0.05, 0.1) is 5.69 Å². The van der Waals surface area contributed by atoms with Gasteiger partial charge in [-0.1, -0.05) is 18.5 Å². The van der Waals surface area contributed by atoms with Crippen LogP contribution in [0.3, 0.4) is 0 Å². The zero-order chi connectivity index (χ0) is 16.3. The quantitative estimate of drug-likeness (QED) is 0.872. The smallest absolute Gasteiger partial charge is 0.329 e. The largest absolute Gasteiger partial charge is 0.479 e. The minimum Gasteiger partial charge on any atom is -0.479 e.